The molecule has 1 heterocycles. The third-order valence-corrected chi connectivity index (χ3v) is 6.06. The van der Waals surface area contributed by atoms with E-state index in [1.165, 1.54) is 31.4 Å². The molecule has 0 fully saturated rings. The molecule has 0 spiro atoms. The smallest absolute Gasteiger partial charge is 0.305 e. The topological polar surface area (TPSA) is 127 Å². The van der Waals surface area contributed by atoms with Crippen LogP contribution in [0.5, 0.6) is 5.75 Å². The number of hydrazine groups is 1. The van der Waals surface area contributed by atoms with Gasteiger partial charge in [-0.25, -0.2) is 8.42 Å². The highest BCUT2D eigenvalue weighted by molar-refractivity contribution is 7.92. The van der Waals surface area contributed by atoms with Gasteiger partial charge < -0.3 is 9.15 Å². The summed E-state index contributed by atoms with van der Waals surface area (Å²) in [5.74, 6) is -0.980. The molecule has 9 nitrogen and oxygen atoms in total. The number of furan rings is 1. The minimum Gasteiger partial charge on any atom is -0.495 e. The van der Waals surface area contributed by atoms with E-state index in [1.54, 1.807) is 48.5 Å². The van der Waals surface area contributed by atoms with Gasteiger partial charge in [-0.15, -0.1) is 0 Å². The Hall–Kier alpha value is -4.31. The number of carbonyl (C=O) groups is 2. The second-order valence-electron chi connectivity index (χ2n) is 6.89. The number of fused-ring (bicyclic) bond motifs is 1. The molecule has 3 aromatic carbocycles. The first kappa shape index (κ1) is 21.9. The zero-order chi connectivity index (χ0) is 23.4. The van der Waals surface area contributed by atoms with Gasteiger partial charge in [0.15, 0.2) is 5.76 Å². The quantitative estimate of drug-likeness (QED) is 0.375. The number of ether oxygens (including phenoxy) is 1. The van der Waals surface area contributed by atoms with Gasteiger partial charge in [-0.2, -0.15) is 0 Å². The van der Waals surface area contributed by atoms with Gasteiger partial charge in [0.05, 0.1) is 17.7 Å². The van der Waals surface area contributed by atoms with E-state index in [0.717, 1.165) is 5.39 Å². The zero-order valence-electron chi connectivity index (χ0n) is 17.4. The maximum absolute atomic E-state index is 12.8. The average molecular weight is 465 g/mol. The van der Waals surface area contributed by atoms with Crippen molar-refractivity contribution in [3.63, 3.8) is 0 Å². The molecular formula is C23H19N3O6S. The zero-order valence-corrected chi connectivity index (χ0v) is 18.2. The first-order valence-corrected chi connectivity index (χ1v) is 11.2. The van der Waals surface area contributed by atoms with E-state index in [9.17, 15) is 18.0 Å². The molecule has 0 unspecified atom stereocenters. The Balaban J connectivity index is 1.46. The number of para-hydroxylation sites is 3. The number of nitrogens with one attached hydrogen (secondary N) is 3. The van der Waals surface area contributed by atoms with Crippen LogP contribution in [0.1, 0.15) is 20.9 Å². The number of carbonyl (C=O) groups excluding carboxylic acids is 2. The second-order valence-corrected chi connectivity index (χ2v) is 8.57. The fraction of sp³-hybridized carbons (Fsp3) is 0.0435. The largest absolute Gasteiger partial charge is 0.495 e. The van der Waals surface area contributed by atoms with Crippen molar-refractivity contribution in [2.75, 3.05) is 11.8 Å². The van der Waals surface area contributed by atoms with Crippen LogP contribution in [0.4, 0.5) is 5.69 Å². The standard InChI is InChI=1S/C23H19N3O6S/c1-31-20-12-5-3-10-18(20)26-33(29,30)17-9-6-8-16(13-17)22(27)24-25-23(28)21-14-15-7-2-4-11-19(15)32-21/h2-14,26H,1H3,(H,24,27)(H,25,28). The van der Waals surface area contributed by atoms with Crippen LogP contribution in [0.25, 0.3) is 11.0 Å². The molecule has 0 saturated carbocycles. The maximum Gasteiger partial charge on any atom is 0.305 e. The number of anilines is 1. The van der Waals surface area contributed by atoms with Crippen molar-refractivity contribution in [3.05, 3.63) is 90.2 Å². The third-order valence-electron chi connectivity index (χ3n) is 4.70. The summed E-state index contributed by atoms with van der Waals surface area (Å²) in [6.07, 6.45) is 0. The summed E-state index contributed by atoms with van der Waals surface area (Å²) in [5.41, 5.74) is 5.34. The van der Waals surface area contributed by atoms with Crippen molar-refractivity contribution in [1.82, 2.24) is 10.9 Å². The summed E-state index contributed by atoms with van der Waals surface area (Å²) in [6, 6.07) is 20.6. The molecule has 2 amide bonds. The molecule has 1 aromatic heterocycles. The molecule has 0 aliphatic rings. The van der Waals surface area contributed by atoms with Gasteiger partial charge in [0, 0.05) is 10.9 Å². The summed E-state index contributed by atoms with van der Waals surface area (Å²) in [6.45, 7) is 0. The van der Waals surface area contributed by atoms with Crippen molar-refractivity contribution in [3.8, 4) is 5.75 Å². The molecule has 33 heavy (non-hydrogen) atoms. The number of sulfonamides is 1. The number of hydrogen-bond donors (Lipinski definition) is 3. The predicted molar refractivity (Wildman–Crippen MR) is 121 cm³/mol. The van der Waals surface area contributed by atoms with Crippen LogP contribution in [0, 0.1) is 0 Å². The number of hydrogen-bond acceptors (Lipinski definition) is 6. The van der Waals surface area contributed by atoms with Gasteiger partial charge in [0.25, 0.3) is 15.9 Å². The predicted octanol–water partition coefficient (Wildman–Crippen LogP) is 3.32. The molecule has 0 aliphatic heterocycles. The first-order valence-electron chi connectivity index (χ1n) is 9.72. The molecule has 0 radical (unpaired) electrons. The monoisotopic (exact) mass is 465 g/mol. The summed E-state index contributed by atoms with van der Waals surface area (Å²) < 4.78 is 38.6. The Bertz CT molecular complexity index is 1410. The summed E-state index contributed by atoms with van der Waals surface area (Å²) >= 11 is 0. The summed E-state index contributed by atoms with van der Waals surface area (Å²) in [5, 5.41) is 0.745. The molecule has 4 aromatic rings. The molecule has 0 aliphatic carbocycles. The lowest BCUT2D eigenvalue weighted by Crippen LogP contribution is -2.41. The normalized spacial score (nSPS) is 11.1. The minimum absolute atomic E-state index is 0.0221. The van der Waals surface area contributed by atoms with Gasteiger partial charge in [0.2, 0.25) is 0 Å². The fourth-order valence-electron chi connectivity index (χ4n) is 3.08. The van der Waals surface area contributed by atoms with Gasteiger partial charge >= 0.3 is 5.91 Å². The van der Waals surface area contributed by atoms with Crippen molar-refractivity contribution in [2.24, 2.45) is 0 Å². The Morgan fingerprint density at radius 1 is 0.848 bits per heavy atom. The Kier molecular flexibility index (Phi) is 6.01. The number of methoxy groups -OCH3 is 1. The van der Waals surface area contributed by atoms with Gasteiger partial charge in [-0.1, -0.05) is 36.4 Å². The highest BCUT2D eigenvalue weighted by Crippen LogP contribution is 2.26. The van der Waals surface area contributed by atoms with E-state index in [0.29, 0.717) is 11.3 Å². The van der Waals surface area contributed by atoms with E-state index < -0.39 is 21.8 Å². The molecule has 0 saturated heterocycles. The SMILES string of the molecule is COc1ccccc1NS(=O)(=O)c1cccc(C(=O)NNC(=O)c2cc3ccccc3o2)c1. The number of benzene rings is 3. The van der Waals surface area contributed by atoms with Crippen LogP contribution in [-0.4, -0.2) is 27.3 Å². The van der Waals surface area contributed by atoms with Crippen molar-refractivity contribution in [2.45, 2.75) is 4.90 Å². The highest BCUT2D eigenvalue weighted by atomic mass is 32.2. The van der Waals surface area contributed by atoms with Crippen molar-refractivity contribution < 1.29 is 27.2 Å². The molecular weight excluding hydrogens is 446 g/mol. The van der Waals surface area contributed by atoms with Crippen LogP contribution in [-0.2, 0) is 10.0 Å². The van der Waals surface area contributed by atoms with E-state index >= 15 is 0 Å². The lowest BCUT2D eigenvalue weighted by atomic mass is 10.2. The third kappa shape index (κ3) is 4.80. The Morgan fingerprint density at radius 2 is 1.58 bits per heavy atom. The number of amides is 2. The molecule has 0 bridgehead atoms. The molecule has 4 rings (SSSR count). The fourth-order valence-corrected chi connectivity index (χ4v) is 4.19. The lowest BCUT2D eigenvalue weighted by molar-refractivity contribution is 0.0832. The Morgan fingerprint density at radius 3 is 2.36 bits per heavy atom. The van der Waals surface area contributed by atoms with Crippen LogP contribution in [0.3, 0.4) is 0 Å². The van der Waals surface area contributed by atoms with Crippen molar-refractivity contribution >= 4 is 38.5 Å². The minimum atomic E-state index is -4.00. The number of rotatable bonds is 6. The summed E-state index contributed by atoms with van der Waals surface area (Å²) in [7, 11) is -2.58. The molecule has 0 atom stereocenters. The van der Waals surface area contributed by atoms with E-state index in [1.807, 2.05) is 6.07 Å². The van der Waals surface area contributed by atoms with Crippen molar-refractivity contribution in [1.29, 1.82) is 0 Å². The van der Waals surface area contributed by atoms with E-state index in [-0.39, 0.29) is 21.9 Å². The first-order chi connectivity index (χ1) is 15.9. The van der Waals surface area contributed by atoms with Crippen LogP contribution < -0.4 is 20.3 Å². The van der Waals surface area contributed by atoms with Crippen LogP contribution in [0.15, 0.2) is 88.2 Å². The lowest BCUT2D eigenvalue weighted by Gasteiger charge is -2.12. The Labute approximate surface area is 189 Å². The average Bonchev–Trinajstić information content (AvgIpc) is 3.27. The maximum atomic E-state index is 12.8. The molecule has 3 N–H and O–H groups in total. The van der Waals surface area contributed by atoms with Gasteiger partial charge in [0.1, 0.15) is 11.3 Å². The molecule has 168 valence electrons. The van der Waals surface area contributed by atoms with E-state index in [2.05, 4.69) is 15.6 Å². The molecule has 10 heteroatoms. The van der Waals surface area contributed by atoms with E-state index in [4.69, 9.17) is 9.15 Å². The summed E-state index contributed by atoms with van der Waals surface area (Å²) in [4.78, 5) is 24.7. The van der Waals surface area contributed by atoms with Gasteiger partial charge in [-0.3, -0.25) is 25.2 Å². The van der Waals surface area contributed by atoms with Crippen LogP contribution >= 0.6 is 0 Å². The van der Waals surface area contributed by atoms with Gasteiger partial charge in [-0.05, 0) is 42.5 Å². The highest BCUT2D eigenvalue weighted by Gasteiger charge is 2.19. The second kappa shape index (κ2) is 9.05. The van der Waals surface area contributed by atoms with Crippen LogP contribution in [0.2, 0.25) is 0 Å².